The normalized spacial score (nSPS) is 21.4. The van der Waals surface area contributed by atoms with Crippen molar-refractivity contribution < 1.29 is 18.7 Å². The molecular formula is C14H15FN2O3. The SMILES string of the molecule is Cc1cc(F)cc(N2C(=O)NC3(CCOCC3)C2=O)c1. The van der Waals surface area contributed by atoms with Crippen molar-refractivity contribution in [2.24, 2.45) is 0 Å². The molecule has 3 rings (SSSR count). The van der Waals surface area contributed by atoms with Crippen LogP contribution in [0.25, 0.3) is 0 Å². The first-order valence-electron chi connectivity index (χ1n) is 6.53. The Balaban J connectivity index is 1.98. The van der Waals surface area contributed by atoms with E-state index >= 15 is 0 Å². The quantitative estimate of drug-likeness (QED) is 0.796. The number of anilines is 1. The number of carbonyl (C=O) groups excluding carboxylic acids is 2. The van der Waals surface area contributed by atoms with Crippen LogP contribution in [0, 0.1) is 12.7 Å². The lowest BCUT2D eigenvalue weighted by Gasteiger charge is -2.30. The van der Waals surface area contributed by atoms with E-state index in [0.29, 0.717) is 31.6 Å². The molecule has 2 aliphatic heterocycles. The number of aryl methyl sites for hydroxylation is 1. The Hall–Kier alpha value is -1.95. The Bertz CT molecular complexity index is 562. The molecule has 0 aliphatic carbocycles. The number of ether oxygens (including phenoxy) is 1. The van der Waals surface area contributed by atoms with Crippen molar-refractivity contribution >= 4 is 17.6 Å². The zero-order chi connectivity index (χ0) is 14.3. The van der Waals surface area contributed by atoms with Gasteiger partial charge in [-0.25, -0.2) is 14.1 Å². The van der Waals surface area contributed by atoms with E-state index in [9.17, 15) is 14.0 Å². The van der Waals surface area contributed by atoms with E-state index in [0.717, 1.165) is 4.90 Å². The van der Waals surface area contributed by atoms with Crippen LogP contribution in [-0.2, 0) is 9.53 Å². The van der Waals surface area contributed by atoms with Gasteiger partial charge in [0.05, 0.1) is 5.69 Å². The van der Waals surface area contributed by atoms with E-state index in [4.69, 9.17) is 4.74 Å². The second-order valence-corrected chi connectivity index (χ2v) is 5.25. The summed E-state index contributed by atoms with van der Waals surface area (Å²) >= 11 is 0. The van der Waals surface area contributed by atoms with Crippen molar-refractivity contribution in [3.63, 3.8) is 0 Å². The van der Waals surface area contributed by atoms with Gasteiger partial charge in [-0.15, -0.1) is 0 Å². The summed E-state index contributed by atoms with van der Waals surface area (Å²) in [5.74, 6) is -0.788. The van der Waals surface area contributed by atoms with Gasteiger partial charge in [0.25, 0.3) is 5.91 Å². The Morgan fingerprint density at radius 2 is 1.95 bits per heavy atom. The lowest BCUT2D eigenvalue weighted by molar-refractivity contribution is -0.125. The highest BCUT2D eigenvalue weighted by Gasteiger charge is 2.52. The smallest absolute Gasteiger partial charge is 0.329 e. The van der Waals surface area contributed by atoms with Crippen LogP contribution in [0.15, 0.2) is 18.2 Å². The molecule has 0 atom stereocenters. The minimum Gasteiger partial charge on any atom is -0.381 e. The molecule has 2 heterocycles. The predicted molar refractivity (Wildman–Crippen MR) is 69.9 cm³/mol. The van der Waals surface area contributed by atoms with E-state index < -0.39 is 17.4 Å². The summed E-state index contributed by atoms with van der Waals surface area (Å²) in [6.07, 6.45) is 0.894. The number of hydrogen-bond donors (Lipinski definition) is 1. The minimum atomic E-state index is -0.893. The van der Waals surface area contributed by atoms with Crippen LogP contribution in [0.5, 0.6) is 0 Å². The number of halogens is 1. The maximum atomic E-state index is 13.5. The van der Waals surface area contributed by atoms with Gasteiger partial charge in [-0.1, -0.05) is 0 Å². The van der Waals surface area contributed by atoms with Gasteiger partial charge >= 0.3 is 6.03 Å². The first kappa shape index (κ1) is 13.1. The maximum absolute atomic E-state index is 13.5. The molecule has 20 heavy (non-hydrogen) atoms. The van der Waals surface area contributed by atoms with Crippen molar-refractivity contribution in [1.82, 2.24) is 5.32 Å². The van der Waals surface area contributed by atoms with E-state index in [1.165, 1.54) is 12.1 Å². The molecule has 0 aromatic heterocycles. The van der Waals surface area contributed by atoms with Gasteiger partial charge in [0.2, 0.25) is 0 Å². The summed E-state index contributed by atoms with van der Waals surface area (Å²) in [5, 5.41) is 2.74. The molecule has 2 saturated heterocycles. The van der Waals surface area contributed by atoms with Crippen molar-refractivity contribution in [2.45, 2.75) is 25.3 Å². The fraction of sp³-hybridized carbons (Fsp3) is 0.429. The van der Waals surface area contributed by atoms with Crippen molar-refractivity contribution in [3.8, 4) is 0 Å². The summed E-state index contributed by atoms with van der Waals surface area (Å²) < 4.78 is 18.7. The van der Waals surface area contributed by atoms with Crippen molar-refractivity contribution in [1.29, 1.82) is 0 Å². The topological polar surface area (TPSA) is 58.6 Å². The minimum absolute atomic E-state index is 0.272. The van der Waals surface area contributed by atoms with E-state index in [1.807, 2.05) is 0 Å². The van der Waals surface area contributed by atoms with Crippen LogP contribution in [0.3, 0.4) is 0 Å². The third kappa shape index (κ3) is 1.96. The summed E-state index contributed by atoms with van der Waals surface area (Å²) in [4.78, 5) is 25.7. The third-order valence-corrected chi connectivity index (χ3v) is 3.79. The highest BCUT2D eigenvalue weighted by Crippen LogP contribution is 2.32. The zero-order valence-electron chi connectivity index (χ0n) is 11.1. The molecule has 5 nitrogen and oxygen atoms in total. The van der Waals surface area contributed by atoms with Crippen molar-refractivity contribution in [2.75, 3.05) is 18.1 Å². The molecule has 1 spiro atoms. The molecule has 0 radical (unpaired) electrons. The first-order valence-corrected chi connectivity index (χ1v) is 6.53. The van der Waals surface area contributed by atoms with E-state index in [1.54, 1.807) is 13.0 Å². The molecule has 1 aromatic rings. The maximum Gasteiger partial charge on any atom is 0.329 e. The molecule has 106 valence electrons. The molecule has 6 heteroatoms. The van der Waals surface area contributed by atoms with Gasteiger partial charge in [-0.05, 0) is 30.7 Å². The highest BCUT2D eigenvalue weighted by molar-refractivity contribution is 6.23. The Morgan fingerprint density at radius 3 is 2.60 bits per heavy atom. The standard InChI is InChI=1S/C14H15FN2O3/c1-9-6-10(15)8-11(7-9)17-12(18)14(16-13(17)19)2-4-20-5-3-14/h6-8H,2-5H2,1H3,(H,16,19). The molecular weight excluding hydrogens is 263 g/mol. The molecule has 1 aromatic carbocycles. The largest absolute Gasteiger partial charge is 0.381 e. The van der Waals surface area contributed by atoms with Crippen molar-refractivity contribution in [3.05, 3.63) is 29.6 Å². The summed E-state index contributed by atoms with van der Waals surface area (Å²) in [6, 6.07) is 3.68. The second kappa shape index (κ2) is 4.56. The number of nitrogens with zero attached hydrogens (tertiary/aromatic N) is 1. The van der Waals surface area contributed by atoms with Gasteiger partial charge < -0.3 is 10.1 Å². The van der Waals surface area contributed by atoms with Gasteiger partial charge in [-0.3, -0.25) is 4.79 Å². The number of rotatable bonds is 1. The number of imide groups is 1. The monoisotopic (exact) mass is 278 g/mol. The number of nitrogens with one attached hydrogen (secondary N) is 1. The second-order valence-electron chi connectivity index (χ2n) is 5.25. The van der Waals surface area contributed by atoms with Crippen LogP contribution >= 0.6 is 0 Å². The van der Waals surface area contributed by atoms with Gasteiger partial charge in [0.15, 0.2) is 0 Å². The molecule has 0 unspecified atom stereocenters. The Morgan fingerprint density at radius 1 is 1.25 bits per heavy atom. The average molecular weight is 278 g/mol. The number of hydrogen-bond acceptors (Lipinski definition) is 3. The first-order chi connectivity index (χ1) is 9.52. The Kier molecular flexibility index (Phi) is 2.97. The summed E-state index contributed by atoms with van der Waals surface area (Å²) in [6.45, 7) is 2.58. The van der Waals surface area contributed by atoms with Crippen LogP contribution in [0.1, 0.15) is 18.4 Å². The Labute approximate surface area is 115 Å². The molecule has 1 N–H and O–H groups in total. The highest BCUT2D eigenvalue weighted by atomic mass is 19.1. The van der Waals surface area contributed by atoms with E-state index in [-0.39, 0.29) is 11.6 Å². The third-order valence-electron chi connectivity index (χ3n) is 3.79. The summed E-state index contributed by atoms with van der Waals surface area (Å²) in [7, 11) is 0. The van der Waals surface area contributed by atoms with Crippen LogP contribution in [-0.4, -0.2) is 30.7 Å². The lowest BCUT2D eigenvalue weighted by atomic mass is 9.90. The number of amides is 3. The molecule has 2 aliphatic rings. The van der Waals surface area contributed by atoms with Gasteiger partial charge in [-0.2, -0.15) is 0 Å². The zero-order valence-corrected chi connectivity index (χ0v) is 11.1. The number of benzene rings is 1. The van der Waals surface area contributed by atoms with Crippen LogP contribution < -0.4 is 10.2 Å². The predicted octanol–water partition coefficient (Wildman–Crippen LogP) is 1.74. The fourth-order valence-corrected chi connectivity index (χ4v) is 2.76. The lowest BCUT2D eigenvalue weighted by Crippen LogP contribution is -2.51. The number of carbonyl (C=O) groups is 2. The summed E-state index contributed by atoms with van der Waals surface area (Å²) in [5.41, 5.74) is 0.0390. The van der Waals surface area contributed by atoms with Crippen LogP contribution in [0.2, 0.25) is 0 Å². The molecule has 0 bridgehead atoms. The average Bonchev–Trinajstić information content (AvgIpc) is 2.60. The number of urea groups is 1. The molecule has 3 amide bonds. The molecule has 2 fully saturated rings. The van der Waals surface area contributed by atoms with Crippen LogP contribution in [0.4, 0.5) is 14.9 Å². The fourth-order valence-electron chi connectivity index (χ4n) is 2.76. The van der Waals surface area contributed by atoms with Gasteiger partial charge in [0.1, 0.15) is 11.4 Å². The van der Waals surface area contributed by atoms with E-state index in [2.05, 4.69) is 5.32 Å². The molecule has 0 saturated carbocycles. The van der Waals surface area contributed by atoms with Gasteiger partial charge in [0, 0.05) is 26.1 Å².